The summed E-state index contributed by atoms with van der Waals surface area (Å²) in [6, 6.07) is 16.1. The third-order valence-corrected chi connectivity index (χ3v) is 6.53. The second kappa shape index (κ2) is 11.4. The molecule has 35 heavy (non-hydrogen) atoms. The van der Waals surface area contributed by atoms with Crippen LogP contribution >= 0.6 is 0 Å². The molecule has 0 spiro atoms. The van der Waals surface area contributed by atoms with Crippen LogP contribution in [0.15, 0.2) is 65.9 Å². The number of amides is 2. The van der Waals surface area contributed by atoms with E-state index in [0.717, 1.165) is 38.3 Å². The van der Waals surface area contributed by atoms with Crippen molar-refractivity contribution >= 4 is 12.0 Å². The Labute approximate surface area is 207 Å². The third-order valence-electron chi connectivity index (χ3n) is 6.53. The average Bonchev–Trinajstić information content (AvgIpc) is 2.88. The van der Waals surface area contributed by atoms with Crippen LogP contribution in [0.2, 0.25) is 0 Å². The Morgan fingerprint density at radius 1 is 0.971 bits per heavy atom. The number of ether oxygens (including phenoxy) is 2. The predicted octanol–water partition coefficient (Wildman–Crippen LogP) is 3.63. The molecular weight excluding hydrogens is 444 g/mol. The van der Waals surface area contributed by atoms with Crippen molar-refractivity contribution in [3.05, 3.63) is 71.4 Å². The lowest BCUT2D eigenvalue weighted by molar-refractivity contribution is -0.139. The zero-order valence-electron chi connectivity index (χ0n) is 20.7. The molecule has 0 aliphatic carbocycles. The molecule has 4 rings (SSSR count). The highest BCUT2D eigenvalue weighted by Gasteiger charge is 2.37. The van der Waals surface area contributed by atoms with Gasteiger partial charge in [-0.15, -0.1) is 0 Å². The van der Waals surface area contributed by atoms with Crippen LogP contribution in [-0.4, -0.2) is 79.6 Å². The lowest BCUT2D eigenvalue weighted by atomic mass is 9.94. The summed E-state index contributed by atoms with van der Waals surface area (Å²) >= 11 is 0. The van der Waals surface area contributed by atoms with E-state index in [0.29, 0.717) is 29.3 Å². The van der Waals surface area contributed by atoms with Gasteiger partial charge in [0.15, 0.2) is 0 Å². The van der Waals surface area contributed by atoms with E-state index in [2.05, 4.69) is 22.0 Å². The van der Waals surface area contributed by atoms with Gasteiger partial charge in [-0.2, -0.15) is 0 Å². The predicted molar refractivity (Wildman–Crippen MR) is 134 cm³/mol. The van der Waals surface area contributed by atoms with Crippen LogP contribution < -0.4 is 10.1 Å². The maximum Gasteiger partial charge on any atom is 0.338 e. The van der Waals surface area contributed by atoms with Gasteiger partial charge >= 0.3 is 12.0 Å². The second-order valence-corrected chi connectivity index (χ2v) is 8.72. The van der Waals surface area contributed by atoms with Gasteiger partial charge in [0.25, 0.3) is 0 Å². The molecule has 8 nitrogen and oxygen atoms in total. The lowest BCUT2D eigenvalue weighted by Gasteiger charge is -2.39. The van der Waals surface area contributed by atoms with Gasteiger partial charge in [-0.05, 0) is 43.3 Å². The van der Waals surface area contributed by atoms with Crippen LogP contribution in [-0.2, 0) is 9.53 Å². The summed E-state index contributed by atoms with van der Waals surface area (Å²) in [5.41, 5.74) is 1.90. The highest BCUT2D eigenvalue weighted by Crippen LogP contribution is 2.34. The van der Waals surface area contributed by atoms with Gasteiger partial charge < -0.3 is 19.7 Å². The zero-order chi connectivity index (χ0) is 24.8. The topological polar surface area (TPSA) is 74.4 Å². The normalized spacial score (nSPS) is 19.5. The minimum atomic E-state index is -0.635. The Bertz CT molecular complexity index is 1060. The Morgan fingerprint density at radius 3 is 2.34 bits per heavy atom. The van der Waals surface area contributed by atoms with E-state index in [9.17, 15) is 9.59 Å². The van der Waals surface area contributed by atoms with Crippen LogP contribution in [0.1, 0.15) is 25.5 Å². The van der Waals surface area contributed by atoms with Crippen LogP contribution in [0, 0.1) is 0 Å². The number of rotatable bonds is 8. The molecule has 1 fully saturated rings. The monoisotopic (exact) mass is 478 g/mol. The number of hydrogen-bond donors (Lipinski definition) is 1. The first kappa shape index (κ1) is 24.8. The Morgan fingerprint density at radius 2 is 1.66 bits per heavy atom. The average molecular weight is 479 g/mol. The number of benzene rings is 2. The number of urea groups is 1. The Balaban J connectivity index is 1.67. The summed E-state index contributed by atoms with van der Waals surface area (Å²) < 4.78 is 11.5. The molecule has 2 aromatic carbocycles. The van der Waals surface area contributed by atoms with E-state index >= 15 is 0 Å². The summed E-state index contributed by atoms with van der Waals surface area (Å²) in [5, 5.41) is 2.99. The molecule has 0 aromatic heterocycles. The minimum Gasteiger partial charge on any atom is -0.463 e. The number of nitrogens with one attached hydrogen (secondary N) is 1. The first-order chi connectivity index (χ1) is 17.0. The van der Waals surface area contributed by atoms with Crippen LogP contribution in [0.25, 0.3) is 0 Å². The summed E-state index contributed by atoms with van der Waals surface area (Å²) in [7, 11) is 1.71. The van der Waals surface area contributed by atoms with E-state index in [1.165, 1.54) is 0 Å². The number of nitrogens with zero attached hydrogens (tertiary/aromatic N) is 3. The maximum absolute atomic E-state index is 13.2. The van der Waals surface area contributed by atoms with Gasteiger partial charge in [0.05, 0.1) is 18.2 Å². The van der Waals surface area contributed by atoms with Crippen molar-refractivity contribution in [2.24, 2.45) is 0 Å². The number of carbonyl (C=O) groups excluding carboxylic acids is 2. The molecule has 1 N–H and O–H groups in total. The van der Waals surface area contributed by atoms with Crippen molar-refractivity contribution in [2.45, 2.75) is 19.9 Å². The molecule has 1 saturated heterocycles. The third kappa shape index (κ3) is 5.83. The molecule has 1 unspecified atom stereocenters. The molecule has 0 radical (unpaired) electrons. The number of carbonyl (C=O) groups is 2. The molecular formula is C27H34N4O4. The molecule has 2 aliphatic rings. The van der Waals surface area contributed by atoms with Crippen LogP contribution in [0.4, 0.5) is 4.79 Å². The van der Waals surface area contributed by atoms with E-state index in [-0.39, 0.29) is 12.6 Å². The first-order valence-electron chi connectivity index (χ1n) is 12.2. The number of piperazine rings is 1. The summed E-state index contributed by atoms with van der Waals surface area (Å²) in [4.78, 5) is 32.5. The van der Waals surface area contributed by atoms with Gasteiger partial charge in [0.1, 0.15) is 11.5 Å². The Hall–Kier alpha value is -3.36. The quantitative estimate of drug-likeness (QED) is 0.584. The molecule has 8 heteroatoms. The number of para-hydroxylation sites is 1. The van der Waals surface area contributed by atoms with Crippen molar-refractivity contribution in [1.82, 2.24) is 20.0 Å². The molecule has 2 heterocycles. The summed E-state index contributed by atoms with van der Waals surface area (Å²) in [6.07, 6.45) is 0. The summed E-state index contributed by atoms with van der Waals surface area (Å²) in [5.74, 6) is 0.924. The standard InChI is InChI=1S/C27H34N4O4/c1-4-30-14-16-31(17-15-30)19-23-24(26(32)34-5-2)25(28-27(33)29(23)3)20-10-9-13-22(18-20)35-21-11-7-6-8-12-21/h6-13,18,25H,4-5,14-17,19H2,1-3H3,(H,28,33). The molecule has 2 aromatic rings. The first-order valence-corrected chi connectivity index (χ1v) is 12.2. The fourth-order valence-electron chi connectivity index (χ4n) is 4.51. The minimum absolute atomic E-state index is 0.250. The molecule has 2 aliphatic heterocycles. The van der Waals surface area contributed by atoms with Crippen molar-refractivity contribution in [3.8, 4) is 11.5 Å². The molecule has 0 saturated carbocycles. The van der Waals surface area contributed by atoms with Gasteiger partial charge in [-0.3, -0.25) is 9.80 Å². The van der Waals surface area contributed by atoms with E-state index < -0.39 is 12.0 Å². The second-order valence-electron chi connectivity index (χ2n) is 8.72. The fourth-order valence-corrected chi connectivity index (χ4v) is 4.51. The number of likely N-dealkylation sites (N-methyl/N-ethyl adjacent to an activating group) is 2. The molecule has 1 atom stereocenters. The number of esters is 1. The van der Waals surface area contributed by atoms with E-state index in [4.69, 9.17) is 9.47 Å². The highest BCUT2D eigenvalue weighted by molar-refractivity contribution is 5.95. The van der Waals surface area contributed by atoms with Crippen molar-refractivity contribution in [3.63, 3.8) is 0 Å². The highest BCUT2D eigenvalue weighted by atomic mass is 16.5. The van der Waals surface area contributed by atoms with Crippen molar-refractivity contribution < 1.29 is 19.1 Å². The van der Waals surface area contributed by atoms with Crippen LogP contribution in [0.5, 0.6) is 11.5 Å². The largest absolute Gasteiger partial charge is 0.463 e. The zero-order valence-corrected chi connectivity index (χ0v) is 20.7. The van der Waals surface area contributed by atoms with E-state index in [1.54, 1.807) is 18.9 Å². The Kier molecular flexibility index (Phi) is 8.05. The smallest absolute Gasteiger partial charge is 0.338 e. The van der Waals surface area contributed by atoms with E-state index in [1.807, 2.05) is 54.6 Å². The molecule has 186 valence electrons. The maximum atomic E-state index is 13.2. The van der Waals surface area contributed by atoms with Gasteiger partial charge in [-0.25, -0.2) is 9.59 Å². The van der Waals surface area contributed by atoms with Crippen LogP contribution in [0.3, 0.4) is 0 Å². The van der Waals surface area contributed by atoms with Gasteiger partial charge in [0, 0.05) is 45.5 Å². The van der Waals surface area contributed by atoms with Crippen molar-refractivity contribution in [1.29, 1.82) is 0 Å². The summed E-state index contributed by atoms with van der Waals surface area (Å²) in [6.45, 7) is 9.44. The lowest BCUT2D eigenvalue weighted by Crippen LogP contribution is -2.52. The number of hydrogen-bond acceptors (Lipinski definition) is 6. The molecule has 0 bridgehead atoms. The SMILES string of the molecule is CCOC(=O)C1=C(CN2CCN(CC)CC2)N(C)C(=O)NC1c1cccc(Oc2ccccc2)c1. The molecule has 2 amide bonds. The van der Waals surface area contributed by atoms with Crippen molar-refractivity contribution in [2.75, 3.05) is 52.9 Å². The van der Waals surface area contributed by atoms with Gasteiger partial charge in [0.2, 0.25) is 0 Å². The fraction of sp³-hybridized carbons (Fsp3) is 0.407. The van der Waals surface area contributed by atoms with Gasteiger partial charge in [-0.1, -0.05) is 37.3 Å².